The quantitative estimate of drug-likeness (QED) is 0.660. The third-order valence-corrected chi connectivity index (χ3v) is 3.56. The molecule has 0 aliphatic heterocycles. The highest BCUT2D eigenvalue weighted by Crippen LogP contribution is 2.30. The summed E-state index contributed by atoms with van der Waals surface area (Å²) in [6.07, 6.45) is 0. The van der Waals surface area contributed by atoms with Gasteiger partial charge in [-0.1, -0.05) is 6.07 Å². The molecule has 0 aromatic heterocycles. The van der Waals surface area contributed by atoms with E-state index >= 15 is 0 Å². The maximum atomic E-state index is 11.4. The lowest BCUT2D eigenvalue weighted by Gasteiger charge is -2.12. The summed E-state index contributed by atoms with van der Waals surface area (Å²) >= 11 is 3.48. The molecule has 3 N–H and O–H groups in total. The van der Waals surface area contributed by atoms with Crippen molar-refractivity contribution >= 4 is 39.0 Å². The number of carbonyl (C=O) groups is 1. The van der Waals surface area contributed by atoms with Gasteiger partial charge in [-0.2, -0.15) is 0 Å². The van der Waals surface area contributed by atoms with Gasteiger partial charge in [0.15, 0.2) is 0 Å². The topological polar surface area (TPSA) is 64.3 Å². The van der Waals surface area contributed by atoms with Gasteiger partial charge in [0.2, 0.25) is 0 Å². The molecular formula is C15H15BrN2O2. The molecule has 0 heterocycles. The Morgan fingerprint density at radius 3 is 2.60 bits per heavy atom. The molecule has 2 aromatic rings. The number of halogens is 1. The molecule has 0 bridgehead atoms. The van der Waals surface area contributed by atoms with Gasteiger partial charge < -0.3 is 15.8 Å². The number of methoxy groups -OCH3 is 1. The number of hydrogen-bond acceptors (Lipinski definition) is 4. The lowest BCUT2D eigenvalue weighted by atomic mass is 10.1. The molecule has 0 saturated heterocycles. The maximum absolute atomic E-state index is 11.4. The number of rotatable bonds is 3. The van der Waals surface area contributed by atoms with E-state index in [0.717, 1.165) is 21.4 Å². The van der Waals surface area contributed by atoms with Gasteiger partial charge in [-0.05, 0) is 58.7 Å². The SMILES string of the molecule is COC(=O)c1ccc(Nc2cc(C)ccc2Br)c(N)c1. The van der Waals surface area contributed by atoms with Crippen molar-refractivity contribution in [1.82, 2.24) is 0 Å². The number of esters is 1. The molecule has 0 fully saturated rings. The third kappa shape index (κ3) is 3.11. The zero-order valence-corrected chi connectivity index (χ0v) is 12.8. The van der Waals surface area contributed by atoms with Crippen molar-refractivity contribution in [1.29, 1.82) is 0 Å². The summed E-state index contributed by atoms with van der Waals surface area (Å²) < 4.78 is 5.61. The van der Waals surface area contributed by atoms with Crippen molar-refractivity contribution in [3.63, 3.8) is 0 Å². The summed E-state index contributed by atoms with van der Waals surface area (Å²) in [5, 5.41) is 3.24. The Hall–Kier alpha value is -2.01. The lowest BCUT2D eigenvalue weighted by molar-refractivity contribution is 0.0601. The van der Waals surface area contributed by atoms with Gasteiger partial charge in [0.1, 0.15) is 0 Å². The van der Waals surface area contributed by atoms with Gasteiger partial charge in [0.25, 0.3) is 0 Å². The third-order valence-electron chi connectivity index (χ3n) is 2.86. The van der Waals surface area contributed by atoms with Crippen LogP contribution in [-0.2, 0) is 4.74 Å². The zero-order chi connectivity index (χ0) is 14.7. The number of aryl methyl sites for hydroxylation is 1. The Labute approximate surface area is 126 Å². The first kappa shape index (κ1) is 14.4. The first-order valence-electron chi connectivity index (χ1n) is 6.02. The highest BCUT2D eigenvalue weighted by atomic mass is 79.9. The fraction of sp³-hybridized carbons (Fsp3) is 0.133. The van der Waals surface area contributed by atoms with Crippen molar-refractivity contribution in [3.05, 3.63) is 52.0 Å². The van der Waals surface area contributed by atoms with Crippen LogP contribution in [0.25, 0.3) is 0 Å². The Morgan fingerprint density at radius 1 is 1.20 bits per heavy atom. The second kappa shape index (κ2) is 5.96. The van der Waals surface area contributed by atoms with Crippen molar-refractivity contribution in [3.8, 4) is 0 Å². The fourth-order valence-electron chi connectivity index (χ4n) is 1.80. The van der Waals surface area contributed by atoms with E-state index in [1.807, 2.05) is 25.1 Å². The smallest absolute Gasteiger partial charge is 0.337 e. The molecule has 0 aliphatic carbocycles. The highest BCUT2D eigenvalue weighted by molar-refractivity contribution is 9.10. The molecule has 0 radical (unpaired) electrons. The molecule has 104 valence electrons. The Bertz CT molecular complexity index is 656. The number of nitrogens with one attached hydrogen (secondary N) is 1. The number of hydrogen-bond donors (Lipinski definition) is 2. The van der Waals surface area contributed by atoms with Gasteiger partial charge in [-0.3, -0.25) is 0 Å². The Morgan fingerprint density at radius 2 is 1.95 bits per heavy atom. The van der Waals surface area contributed by atoms with Crippen LogP contribution in [0.2, 0.25) is 0 Å². The van der Waals surface area contributed by atoms with Crippen LogP contribution >= 0.6 is 15.9 Å². The van der Waals surface area contributed by atoms with E-state index in [1.165, 1.54) is 7.11 Å². The predicted octanol–water partition coefficient (Wildman–Crippen LogP) is 3.87. The summed E-state index contributed by atoms with van der Waals surface area (Å²) in [4.78, 5) is 11.4. The summed E-state index contributed by atoms with van der Waals surface area (Å²) in [7, 11) is 1.34. The van der Waals surface area contributed by atoms with E-state index in [0.29, 0.717) is 11.3 Å². The second-order valence-corrected chi connectivity index (χ2v) is 5.26. The van der Waals surface area contributed by atoms with Crippen molar-refractivity contribution in [2.24, 2.45) is 0 Å². The summed E-state index contributed by atoms with van der Waals surface area (Å²) in [6, 6.07) is 11.0. The largest absolute Gasteiger partial charge is 0.465 e. The molecule has 5 heteroatoms. The number of nitrogens with two attached hydrogens (primary N) is 1. The normalized spacial score (nSPS) is 10.2. The first-order valence-corrected chi connectivity index (χ1v) is 6.81. The number of benzene rings is 2. The minimum atomic E-state index is -0.403. The van der Waals surface area contributed by atoms with E-state index in [9.17, 15) is 4.79 Å². The fourth-order valence-corrected chi connectivity index (χ4v) is 2.15. The molecule has 0 saturated carbocycles. The molecule has 4 nitrogen and oxygen atoms in total. The lowest BCUT2D eigenvalue weighted by Crippen LogP contribution is -2.04. The number of carbonyl (C=O) groups excluding carboxylic acids is 1. The van der Waals surface area contributed by atoms with Gasteiger partial charge in [-0.15, -0.1) is 0 Å². The molecule has 2 aromatic carbocycles. The van der Waals surface area contributed by atoms with Crippen molar-refractivity contribution in [2.75, 3.05) is 18.2 Å². The standard InChI is InChI=1S/C15H15BrN2O2/c1-9-3-5-11(16)14(7-9)18-13-6-4-10(8-12(13)17)15(19)20-2/h3-8,18H,17H2,1-2H3. The first-order chi connectivity index (χ1) is 9.51. The van der Waals surface area contributed by atoms with Crippen molar-refractivity contribution < 1.29 is 9.53 Å². The minimum absolute atomic E-state index is 0.403. The van der Waals surface area contributed by atoms with Crippen LogP contribution in [0.1, 0.15) is 15.9 Å². The van der Waals surface area contributed by atoms with Crippen LogP contribution in [0.5, 0.6) is 0 Å². The van der Waals surface area contributed by atoms with E-state index in [-0.39, 0.29) is 0 Å². The molecule has 20 heavy (non-hydrogen) atoms. The van der Waals surface area contributed by atoms with Crippen LogP contribution in [0.3, 0.4) is 0 Å². The van der Waals surface area contributed by atoms with Crippen molar-refractivity contribution in [2.45, 2.75) is 6.92 Å². The summed E-state index contributed by atoms with van der Waals surface area (Å²) in [6.45, 7) is 2.02. The van der Waals surface area contributed by atoms with E-state index < -0.39 is 5.97 Å². The second-order valence-electron chi connectivity index (χ2n) is 4.40. The number of nitrogen functional groups attached to an aromatic ring is 1. The van der Waals surface area contributed by atoms with E-state index in [1.54, 1.807) is 18.2 Å². The molecule has 0 aliphatic rings. The average molecular weight is 335 g/mol. The van der Waals surface area contributed by atoms with Gasteiger partial charge in [0, 0.05) is 4.47 Å². The molecule has 0 spiro atoms. The highest BCUT2D eigenvalue weighted by Gasteiger charge is 2.09. The molecule has 0 unspecified atom stereocenters. The summed E-state index contributed by atoms with van der Waals surface area (Å²) in [5.41, 5.74) is 9.68. The van der Waals surface area contributed by atoms with E-state index in [4.69, 9.17) is 5.73 Å². The number of anilines is 3. The molecule has 2 rings (SSSR count). The van der Waals surface area contributed by atoms with Gasteiger partial charge in [-0.25, -0.2) is 4.79 Å². The molecule has 0 atom stereocenters. The van der Waals surface area contributed by atoms with Crippen LogP contribution in [0.15, 0.2) is 40.9 Å². The zero-order valence-electron chi connectivity index (χ0n) is 11.2. The van der Waals surface area contributed by atoms with Gasteiger partial charge in [0.05, 0.1) is 29.7 Å². The summed E-state index contributed by atoms with van der Waals surface area (Å²) in [5.74, 6) is -0.403. The minimum Gasteiger partial charge on any atom is -0.465 e. The van der Waals surface area contributed by atoms with Crippen LogP contribution in [0, 0.1) is 6.92 Å². The van der Waals surface area contributed by atoms with Crippen LogP contribution < -0.4 is 11.1 Å². The number of ether oxygens (including phenoxy) is 1. The van der Waals surface area contributed by atoms with E-state index in [2.05, 4.69) is 26.0 Å². The maximum Gasteiger partial charge on any atom is 0.337 e. The monoisotopic (exact) mass is 334 g/mol. The van der Waals surface area contributed by atoms with Crippen LogP contribution in [0.4, 0.5) is 17.1 Å². The van der Waals surface area contributed by atoms with Gasteiger partial charge >= 0.3 is 5.97 Å². The Balaban J connectivity index is 2.30. The molecular weight excluding hydrogens is 320 g/mol. The Kier molecular flexibility index (Phi) is 4.29. The average Bonchev–Trinajstić information content (AvgIpc) is 2.44. The molecule has 0 amide bonds. The van der Waals surface area contributed by atoms with Crippen LogP contribution in [-0.4, -0.2) is 13.1 Å². The predicted molar refractivity (Wildman–Crippen MR) is 84.4 cm³/mol.